The maximum absolute atomic E-state index is 13.7. The van der Waals surface area contributed by atoms with Crippen molar-refractivity contribution in [2.75, 3.05) is 14.1 Å². The highest BCUT2D eigenvalue weighted by Gasteiger charge is 2.34. The molecule has 0 saturated heterocycles. The van der Waals surface area contributed by atoms with Crippen LogP contribution < -0.4 is 9.83 Å². The van der Waals surface area contributed by atoms with E-state index in [2.05, 4.69) is 0 Å². The van der Waals surface area contributed by atoms with Crippen LogP contribution in [-0.4, -0.2) is 24.5 Å². The van der Waals surface area contributed by atoms with Crippen molar-refractivity contribution in [1.82, 2.24) is 4.67 Å². The van der Waals surface area contributed by atoms with Crippen molar-refractivity contribution in [3.8, 4) is 16.9 Å². The molecular formula is C21H16Cl2NO3P. The molecule has 0 bridgehead atoms. The molecule has 0 radical (unpaired) electrons. The van der Waals surface area contributed by atoms with Gasteiger partial charge in [-0.15, -0.1) is 0 Å². The molecule has 1 aliphatic carbocycles. The molecule has 3 aromatic carbocycles. The summed E-state index contributed by atoms with van der Waals surface area (Å²) in [4.78, 5) is 12.8. The summed E-state index contributed by atoms with van der Waals surface area (Å²) in [6, 6.07) is 17.3. The Kier molecular flexibility index (Phi) is 4.84. The van der Waals surface area contributed by atoms with Gasteiger partial charge in [0.1, 0.15) is 5.75 Å². The van der Waals surface area contributed by atoms with Gasteiger partial charge in [0.25, 0.3) is 0 Å². The Morgan fingerprint density at radius 2 is 1.57 bits per heavy atom. The summed E-state index contributed by atoms with van der Waals surface area (Å²) in [6.45, 7) is 0. The highest BCUT2D eigenvalue weighted by Crippen LogP contribution is 2.51. The van der Waals surface area contributed by atoms with Gasteiger partial charge in [-0.3, -0.25) is 9.36 Å². The Labute approximate surface area is 173 Å². The molecule has 142 valence electrons. The molecule has 1 unspecified atom stereocenters. The van der Waals surface area contributed by atoms with Gasteiger partial charge >= 0.3 is 7.52 Å². The molecule has 0 aromatic heterocycles. The summed E-state index contributed by atoms with van der Waals surface area (Å²) < 4.78 is 21.1. The molecule has 7 heteroatoms. The largest absolute Gasteiger partial charge is 0.428 e. The van der Waals surface area contributed by atoms with Gasteiger partial charge in [-0.05, 0) is 55.6 Å². The van der Waals surface area contributed by atoms with E-state index in [1.54, 1.807) is 56.6 Å². The molecule has 3 aromatic rings. The molecule has 0 heterocycles. The van der Waals surface area contributed by atoms with Gasteiger partial charge in [0.05, 0.1) is 10.3 Å². The van der Waals surface area contributed by atoms with Gasteiger partial charge in [-0.2, -0.15) is 0 Å². The van der Waals surface area contributed by atoms with E-state index in [0.717, 1.165) is 11.1 Å². The van der Waals surface area contributed by atoms with Crippen molar-refractivity contribution in [2.24, 2.45) is 0 Å². The fourth-order valence-electron chi connectivity index (χ4n) is 3.25. The molecule has 0 N–H and O–H groups in total. The third-order valence-electron chi connectivity index (χ3n) is 4.66. The van der Waals surface area contributed by atoms with Crippen LogP contribution in [0.1, 0.15) is 15.9 Å². The lowest BCUT2D eigenvalue weighted by Crippen LogP contribution is -2.22. The lowest BCUT2D eigenvalue weighted by Gasteiger charge is -2.26. The quantitative estimate of drug-likeness (QED) is 0.391. The van der Waals surface area contributed by atoms with Crippen LogP contribution in [0.5, 0.6) is 5.75 Å². The minimum absolute atomic E-state index is 0.102. The molecule has 0 saturated carbocycles. The monoisotopic (exact) mass is 431 g/mol. The predicted molar refractivity (Wildman–Crippen MR) is 113 cm³/mol. The van der Waals surface area contributed by atoms with Crippen LogP contribution in [0, 0.1) is 0 Å². The Bertz CT molecular complexity index is 1160. The zero-order valence-corrected chi connectivity index (χ0v) is 17.6. The number of carbonyl (C=O) groups is 1. The lowest BCUT2D eigenvalue weighted by atomic mass is 10.1. The van der Waals surface area contributed by atoms with Crippen molar-refractivity contribution < 1.29 is 13.9 Å². The van der Waals surface area contributed by atoms with Gasteiger partial charge < -0.3 is 4.52 Å². The fourth-order valence-corrected chi connectivity index (χ4v) is 5.49. The van der Waals surface area contributed by atoms with E-state index in [-0.39, 0.29) is 16.6 Å². The zero-order chi connectivity index (χ0) is 20.1. The number of halogens is 2. The molecule has 0 spiro atoms. The van der Waals surface area contributed by atoms with E-state index in [1.165, 1.54) is 4.67 Å². The third-order valence-corrected chi connectivity index (χ3v) is 7.62. The Morgan fingerprint density at radius 1 is 0.857 bits per heavy atom. The van der Waals surface area contributed by atoms with Crippen molar-refractivity contribution in [3.63, 3.8) is 0 Å². The van der Waals surface area contributed by atoms with Crippen molar-refractivity contribution >= 4 is 41.8 Å². The smallest absolute Gasteiger partial charge is 0.349 e. The molecule has 1 atom stereocenters. The number of fused-ring (bicyclic) bond motifs is 3. The average molecular weight is 432 g/mol. The van der Waals surface area contributed by atoms with Gasteiger partial charge in [0, 0.05) is 16.1 Å². The van der Waals surface area contributed by atoms with Gasteiger partial charge in [-0.25, -0.2) is 4.67 Å². The SMILES string of the molecule is CN(C)P(=O)(Oc1cc2c(cc1Cl)-c1ccccc1C2=O)c1cccc(Cl)c1. The minimum atomic E-state index is -3.48. The van der Waals surface area contributed by atoms with E-state index in [4.69, 9.17) is 27.7 Å². The number of ketones is 1. The van der Waals surface area contributed by atoms with E-state index < -0.39 is 7.52 Å². The second-order valence-corrected chi connectivity index (χ2v) is 10.0. The van der Waals surface area contributed by atoms with Crippen LogP contribution >= 0.6 is 30.7 Å². The van der Waals surface area contributed by atoms with Crippen molar-refractivity contribution in [3.05, 3.63) is 81.8 Å². The van der Waals surface area contributed by atoms with Crippen LogP contribution in [0.15, 0.2) is 60.7 Å². The summed E-state index contributed by atoms with van der Waals surface area (Å²) in [5.74, 6) is 0.0909. The predicted octanol–water partition coefficient (Wildman–Crippen LogP) is 5.66. The van der Waals surface area contributed by atoms with Crippen LogP contribution in [0.2, 0.25) is 10.0 Å². The van der Waals surface area contributed by atoms with Crippen LogP contribution in [-0.2, 0) is 4.57 Å². The Hall–Kier alpha value is -2.10. The first-order valence-electron chi connectivity index (χ1n) is 8.52. The topological polar surface area (TPSA) is 46.6 Å². The summed E-state index contributed by atoms with van der Waals surface area (Å²) in [6.07, 6.45) is 0. The fraction of sp³-hybridized carbons (Fsp3) is 0.0952. The summed E-state index contributed by atoms with van der Waals surface area (Å²) in [5, 5.41) is 1.18. The minimum Gasteiger partial charge on any atom is -0.428 e. The highest BCUT2D eigenvalue weighted by molar-refractivity contribution is 7.65. The Morgan fingerprint density at radius 3 is 2.25 bits per heavy atom. The number of nitrogens with zero attached hydrogens (tertiary/aromatic N) is 1. The normalized spacial score (nSPS) is 14.5. The van der Waals surface area contributed by atoms with E-state index in [1.807, 2.05) is 18.2 Å². The van der Waals surface area contributed by atoms with E-state index in [9.17, 15) is 9.36 Å². The zero-order valence-electron chi connectivity index (χ0n) is 15.1. The molecule has 4 rings (SSSR count). The lowest BCUT2D eigenvalue weighted by molar-refractivity contribution is 0.104. The third kappa shape index (κ3) is 3.07. The molecule has 1 aliphatic rings. The molecule has 0 fully saturated rings. The summed E-state index contributed by atoms with van der Waals surface area (Å²) >= 11 is 12.5. The maximum atomic E-state index is 13.7. The number of carbonyl (C=O) groups excluding carboxylic acids is 1. The number of hydrogen-bond acceptors (Lipinski definition) is 3. The van der Waals surface area contributed by atoms with Crippen molar-refractivity contribution in [1.29, 1.82) is 0 Å². The molecule has 28 heavy (non-hydrogen) atoms. The maximum Gasteiger partial charge on any atom is 0.349 e. The molecule has 0 amide bonds. The highest BCUT2D eigenvalue weighted by atomic mass is 35.5. The first kappa shape index (κ1) is 19.2. The van der Waals surface area contributed by atoms with E-state index >= 15 is 0 Å². The Balaban J connectivity index is 1.81. The van der Waals surface area contributed by atoms with Crippen LogP contribution in [0.25, 0.3) is 11.1 Å². The number of benzene rings is 3. The van der Waals surface area contributed by atoms with E-state index in [0.29, 0.717) is 21.5 Å². The molecule has 4 nitrogen and oxygen atoms in total. The van der Waals surface area contributed by atoms with Crippen molar-refractivity contribution in [2.45, 2.75) is 0 Å². The van der Waals surface area contributed by atoms with Gasteiger partial charge in [0.2, 0.25) is 0 Å². The van der Waals surface area contributed by atoms with Crippen LogP contribution in [0.3, 0.4) is 0 Å². The molecular weight excluding hydrogens is 416 g/mol. The van der Waals surface area contributed by atoms with Gasteiger partial charge in [-0.1, -0.05) is 53.5 Å². The summed E-state index contributed by atoms with van der Waals surface area (Å²) in [7, 11) is -0.171. The molecule has 0 aliphatic heterocycles. The standard InChI is InChI=1S/C21H16Cl2NO3P/c1-24(2)28(26,14-7-5-6-13(22)10-14)27-20-12-18-17(11-19(20)23)15-8-3-4-9-16(15)21(18)25/h3-12H,1-2H3. The second-order valence-electron chi connectivity index (χ2n) is 6.64. The first-order valence-corrected chi connectivity index (χ1v) is 10.9. The van der Waals surface area contributed by atoms with Gasteiger partial charge in [0.15, 0.2) is 5.78 Å². The summed E-state index contributed by atoms with van der Waals surface area (Å²) in [5.41, 5.74) is 2.69. The first-order chi connectivity index (χ1) is 13.3. The second kappa shape index (κ2) is 7.06. The number of hydrogen-bond donors (Lipinski definition) is 0. The number of rotatable bonds is 4. The average Bonchev–Trinajstić information content (AvgIpc) is 2.94. The van der Waals surface area contributed by atoms with Crippen LogP contribution in [0.4, 0.5) is 0 Å².